The fourth-order valence-corrected chi connectivity index (χ4v) is 5.55. The number of nitrogens with one attached hydrogen (secondary N) is 1. The minimum Gasteiger partial charge on any atom is -0.364 e. The van der Waals surface area contributed by atoms with Gasteiger partial charge >= 0.3 is 0 Å². The molecule has 1 N–H and O–H groups in total. The van der Waals surface area contributed by atoms with Crippen LogP contribution in [0.25, 0.3) is 4.85 Å². The summed E-state index contributed by atoms with van der Waals surface area (Å²) in [6.07, 6.45) is 5.61. The van der Waals surface area contributed by atoms with E-state index in [1.165, 1.54) is 12.4 Å². The van der Waals surface area contributed by atoms with E-state index in [1.54, 1.807) is 0 Å². The zero-order valence-corrected chi connectivity index (χ0v) is 23.3. The molecule has 200 valence electrons. The molecule has 9 heteroatoms. The summed E-state index contributed by atoms with van der Waals surface area (Å²) in [7, 11) is 0. The lowest BCUT2D eigenvalue weighted by Gasteiger charge is -2.42. The van der Waals surface area contributed by atoms with Crippen molar-refractivity contribution in [1.29, 1.82) is 5.26 Å². The predicted octanol–water partition coefficient (Wildman–Crippen LogP) is 6.49. The Morgan fingerprint density at radius 1 is 1.21 bits per heavy atom. The van der Waals surface area contributed by atoms with Crippen LogP contribution in [0, 0.1) is 17.9 Å². The van der Waals surface area contributed by atoms with Crippen LogP contribution in [-0.4, -0.2) is 47.5 Å². The number of nitriles is 1. The van der Waals surface area contributed by atoms with Gasteiger partial charge in [-0.25, -0.2) is 4.85 Å². The normalized spacial score (nSPS) is 14.7. The number of carbonyl (C=O) groups is 1. The maximum atomic E-state index is 12.6. The van der Waals surface area contributed by atoms with E-state index >= 15 is 0 Å². The van der Waals surface area contributed by atoms with E-state index in [0.717, 1.165) is 43.6 Å². The quantitative estimate of drug-likeness (QED) is 0.302. The van der Waals surface area contributed by atoms with Crippen LogP contribution < -0.4 is 10.2 Å². The summed E-state index contributed by atoms with van der Waals surface area (Å²) in [6.45, 7) is 12.6. The lowest BCUT2D eigenvalue weighted by atomic mass is 9.99. The average molecular weight is 562 g/mol. The summed E-state index contributed by atoms with van der Waals surface area (Å²) in [4.78, 5) is 24.8. The molecule has 4 rings (SSSR count). The van der Waals surface area contributed by atoms with E-state index in [0.29, 0.717) is 36.4 Å². The summed E-state index contributed by atoms with van der Waals surface area (Å²) >= 11 is 12.2. The van der Waals surface area contributed by atoms with Crippen molar-refractivity contribution in [3.8, 4) is 6.07 Å². The third kappa shape index (κ3) is 7.28. The standard InChI is InChI=1S/C30H30Cl2N6O/c1-21(10-13-36-30(39)29-27(31)18-35-19-28(29)32)37-14-11-26(12-15-37)38(25-8-6-24(34-2)7-9-25)20-23-5-3-4-22(16-23)17-33/h3-9,16,18-19,21,26H,10-15,20H2,1H3,(H,36,39). The molecule has 1 aliphatic rings. The monoisotopic (exact) mass is 560 g/mol. The van der Waals surface area contributed by atoms with E-state index < -0.39 is 0 Å². The first-order chi connectivity index (χ1) is 18.9. The van der Waals surface area contributed by atoms with E-state index in [1.807, 2.05) is 42.5 Å². The largest absolute Gasteiger partial charge is 0.364 e. The van der Waals surface area contributed by atoms with Crippen molar-refractivity contribution in [3.05, 3.63) is 99.1 Å². The summed E-state index contributed by atoms with van der Waals surface area (Å²) < 4.78 is 0. The highest BCUT2D eigenvalue weighted by Crippen LogP contribution is 2.29. The number of nitrogens with zero attached hydrogens (tertiary/aromatic N) is 5. The van der Waals surface area contributed by atoms with Crippen molar-refractivity contribution >= 4 is 40.5 Å². The Labute approximate surface area is 239 Å². The molecule has 39 heavy (non-hydrogen) atoms. The van der Waals surface area contributed by atoms with Crippen molar-refractivity contribution in [2.45, 2.75) is 44.8 Å². The van der Waals surface area contributed by atoms with Gasteiger partial charge in [-0.1, -0.05) is 47.5 Å². The van der Waals surface area contributed by atoms with Gasteiger partial charge in [0.1, 0.15) is 0 Å². The smallest absolute Gasteiger partial charge is 0.254 e. The fourth-order valence-electron chi connectivity index (χ4n) is 5.02. The number of amides is 1. The second-order valence-corrected chi connectivity index (χ2v) is 10.5. The Bertz CT molecular complexity index is 1350. The molecule has 7 nitrogen and oxygen atoms in total. The molecule has 1 amide bonds. The molecule has 0 spiro atoms. The number of halogens is 2. The molecule has 1 atom stereocenters. The zero-order valence-electron chi connectivity index (χ0n) is 21.8. The first-order valence-electron chi connectivity index (χ1n) is 12.9. The Hall–Kier alpha value is -3.62. The summed E-state index contributed by atoms with van der Waals surface area (Å²) in [6, 6.07) is 18.3. The number of anilines is 1. The molecular weight excluding hydrogens is 531 g/mol. The second kappa shape index (κ2) is 13.4. The highest BCUT2D eigenvalue weighted by Gasteiger charge is 2.27. The van der Waals surface area contributed by atoms with Crippen LogP contribution in [0.1, 0.15) is 47.7 Å². The number of carbonyl (C=O) groups excluding carboxylic acids is 1. The van der Waals surface area contributed by atoms with Gasteiger partial charge in [-0.05, 0) is 56.0 Å². The number of piperidine rings is 1. The van der Waals surface area contributed by atoms with Gasteiger partial charge in [0.25, 0.3) is 5.91 Å². The predicted molar refractivity (Wildman–Crippen MR) is 155 cm³/mol. The molecule has 0 bridgehead atoms. The SMILES string of the molecule is [C-]#[N+]c1ccc(N(Cc2cccc(C#N)c2)C2CCN(C(C)CCNC(=O)c3c(Cl)cncc3Cl)CC2)cc1. The van der Waals surface area contributed by atoms with E-state index in [4.69, 9.17) is 29.8 Å². The van der Waals surface area contributed by atoms with Crippen molar-refractivity contribution < 1.29 is 4.79 Å². The van der Waals surface area contributed by atoms with Crippen molar-refractivity contribution in [2.75, 3.05) is 24.5 Å². The molecule has 1 unspecified atom stereocenters. The highest BCUT2D eigenvalue weighted by molar-refractivity contribution is 6.39. The number of hydrogen-bond acceptors (Lipinski definition) is 5. The fraction of sp³-hybridized carbons (Fsp3) is 0.333. The molecule has 0 radical (unpaired) electrons. The molecule has 0 aliphatic carbocycles. The van der Waals surface area contributed by atoms with Gasteiger partial charge in [-0.15, -0.1) is 0 Å². The molecule has 0 saturated carbocycles. The number of rotatable bonds is 9. The van der Waals surface area contributed by atoms with Gasteiger partial charge in [0.2, 0.25) is 0 Å². The highest BCUT2D eigenvalue weighted by atomic mass is 35.5. The molecule has 1 aliphatic heterocycles. The first kappa shape index (κ1) is 28.4. The second-order valence-electron chi connectivity index (χ2n) is 9.71. The van der Waals surface area contributed by atoms with Crippen LogP contribution in [0.3, 0.4) is 0 Å². The van der Waals surface area contributed by atoms with Crippen LogP contribution in [-0.2, 0) is 6.54 Å². The van der Waals surface area contributed by atoms with Crippen molar-refractivity contribution in [2.24, 2.45) is 0 Å². The van der Waals surface area contributed by atoms with Crippen molar-refractivity contribution in [3.63, 3.8) is 0 Å². The van der Waals surface area contributed by atoms with Gasteiger partial charge < -0.3 is 15.1 Å². The number of aromatic nitrogens is 1. The number of pyridine rings is 1. The maximum absolute atomic E-state index is 12.6. The topological polar surface area (TPSA) is 76.6 Å². The van der Waals surface area contributed by atoms with Gasteiger partial charge in [-0.3, -0.25) is 9.78 Å². The lowest BCUT2D eigenvalue weighted by molar-refractivity contribution is 0.0945. The van der Waals surface area contributed by atoms with Crippen molar-refractivity contribution in [1.82, 2.24) is 15.2 Å². The zero-order chi connectivity index (χ0) is 27.8. The molecule has 1 fully saturated rings. The summed E-state index contributed by atoms with van der Waals surface area (Å²) in [5, 5.41) is 12.7. The number of hydrogen-bond donors (Lipinski definition) is 1. The maximum Gasteiger partial charge on any atom is 0.254 e. The van der Waals surface area contributed by atoms with Crippen LogP contribution >= 0.6 is 23.2 Å². The minimum absolute atomic E-state index is 0.239. The molecule has 2 aromatic carbocycles. The Balaban J connectivity index is 1.36. The molecule has 2 heterocycles. The van der Waals surface area contributed by atoms with Gasteiger partial charge in [0.15, 0.2) is 5.69 Å². The van der Waals surface area contributed by atoms with E-state index in [9.17, 15) is 10.1 Å². The first-order valence-corrected chi connectivity index (χ1v) is 13.7. The number of likely N-dealkylation sites (tertiary alicyclic amines) is 1. The molecule has 3 aromatic rings. The molecule has 1 saturated heterocycles. The van der Waals surface area contributed by atoms with Crippen LogP contribution in [0.4, 0.5) is 11.4 Å². The average Bonchev–Trinajstić information content (AvgIpc) is 2.96. The summed E-state index contributed by atoms with van der Waals surface area (Å²) in [5.74, 6) is -0.293. The van der Waals surface area contributed by atoms with Gasteiger partial charge in [0.05, 0.1) is 33.8 Å². The minimum atomic E-state index is -0.293. The Morgan fingerprint density at radius 2 is 1.90 bits per heavy atom. The molecule has 1 aromatic heterocycles. The lowest BCUT2D eigenvalue weighted by Crippen LogP contribution is -2.48. The molecular formula is C30H30Cl2N6O. The van der Waals surface area contributed by atoms with Crippen LogP contribution in [0.15, 0.2) is 60.9 Å². The van der Waals surface area contributed by atoms with E-state index in [-0.39, 0.29) is 21.5 Å². The Kier molecular flexibility index (Phi) is 9.79. The van der Waals surface area contributed by atoms with Gasteiger partial charge in [-0.2, -0.15) is 5.26 Å². The van der Waals surface area contributed by atoms with Gasteiger partial charge in [0, 0.05) is 56.3 Å². The summed E-state index contributed by atoms with van der Waals surface area (Å²) in [5.41, 5.74) is 3.69. The number of benzene rings is 2. The van der Waals surface area contributed by atoms with Crippen LogP contribution in [0.5, 0.6) is 0 Å². The third-order valence-corrected chi connectivity index (χ3v) is 7.78. The van der Waals surface area contributed by atoms with Crippen LogP contribution in [0.2, 0.25) is 10.0 Å². The Morgan fingerprint density at radius 3 is 2.54 bits per heavy atom. The third-order valence-electron chi connectivity index (χ3n) is 7.21. The van der Waals surface area contributed by atoms with E-state index in [2.05, 4.69) is 44.0 Å².